The molecule has 0 saturated carbocycles. The van der Waals surface area contributed by atoms with Gasteiger partial charge in [-0.25, -0.2) is 0 Å². The first-order chi connectivity index (χ1) is 11.9. The van der Waals surface area contributed by atoms with Crippen molar-refractivity contribution in [2.24, 2.45) is 0 Å². The quantitative estimate of drug-likeness (QED) is 0.375. The Hall–Kier alpha value is -2.86. The molecule has 0 fully saturated rings. The van der Waals surface area contributed by atoms with Crippen molar-refractivity contribution in [2.75, 3.05) is 0 Å². The Labute approximate surface area is 142 Å². The minimum absolute atomic E-state index is 0.995. The van der Waals surface area contributed by atoms with Gasteiger partial charge >= 0.3 is 0 Å². The van der Waals surface area contributed by atoms with E-state index in [1.54, 1.807) is 0 Å². The molecule has 0 aliphatic heterocycles. The van der Waals surface area contributed by atoms with Crippen molar-refractivity contribution in [2.45, 2.75) is 12.8 Å². The first-order valence-corrected chi connectivity index (χ1v) is 8.54. The highest BCUT2D eigenvalue weighted by molar-refractivity contribution is 5.83. The van der Waals surface area contributed by atoms with E-state index in [1.807, 2.05) is 0 Å². The van der Waals surface area contributed by atoms with Crippen molar-refractivity contribution in [3.05, 3.63) is 107 Å². The summed E-state index contributed by atoms with van der Waals surface area (Å²) in [5, 5.41) is 2.63. The van der Waals surface area contributed by atoms with E-state index < -0.39 is 0 Å². The van der Waals surface area contributed by atoms with Gasteiger partial charge in [-0.3, -0.25) is 0 Å². The van der Waals surface area contributed by atoms with E-state index in [-0.39, 0.29) is 0 Å². The van der Waals surface area contributed by atoms with Crippen LogP contribution in [0.1, 0.15) is 22.3 Å². The van der Waals surface area contributed by atoms with Crippen LogP contribution in [0.3, 0.4) is 0 Å². The van der Waals surface area contributed by atoms with Gasteiger partial charge in [0, 0.05) is 0 Å². The van der Waals surface area contributed by atoms with Gasteiger partial charge in [-0.2, -0.15) is 0 Å². The largest absolute Gasteiger partial charge is 0.0619 e. The van der Waals surface area contributed by atoms with Gasteiger partial charge in [0.05, 0.1) is 0 Å². The SMILES string of the molecule is c1ccc2c(c1)Cc1cc(Cc3ccc4ccccc4c3)ccc1-2. The van der Waals surface area contributed by atoms with Crippen molar-refractivity contribution >= 4 is 10.8 Å². The van der Waals surface area contributed by atoms with Gasteiger partial charge in [-0.15, -0.1) is 0 Å². The van der Waals surface area contributed by atoms with E-state index in [2.05, 4.69) is 84.9 Å². The predicted molar refractivity (Wildman–Crippen MR) is 101 cm³/mol. The summed E-state index contributed by atoms with van der Waals surface area (Å²) in [6, 6.07) is 31.1. The van der Waals surface area contributed by atoms with Crippen LogP contribution in [0.25, 0.3) is 21.9 Å². The molecule has 5 rings (SSSR count). The zero-order valence-corrected chi connectivity index (χ0v) is 13.5. The topological polar surface area (TPSA) is 0 Å². The van der Waals surface area contributed by atoms with Crippen LogP contribution in [0, 0.1) is 0 Å². The Morgan fingerprint density at radius 3 is 2.21 bits per heavy atom. The third-order valence-electron chi connectivity index (χ3n) is 5.08. The molecular formula is C24H18. The number of benzene rings is 4. The minimum atomic E-state index is 0.995. The summed E-state index contributed by atoms with van der Waals surface area (Å²) in [4.78, 5) is 0. The number of hydrogen-bond donors (Lipinski definition) is 0. The van der Waals surface area contributed by atoms with Crippen LogP contribution in [-0.2, 0) is 12.8 Å². The van der Waals surface area contributed by atoms with Gasteiger partial charge < -0.3 is 0 Å². The van der Waals surface area contributed by atoms with Crippen LogP contribution >= 0.6 is 0 Å². The number of rotatable bonds is 2. The average molecular weight is 306 g/mol. The predicted octanol–water partition coefficient (Wildman–Crippen LogP) is 6.00. The molecule has 1 aliphatic carbocycles. The Kier molecular flexibility index (Phi) is 3.02. The van der Waals surface area contributed by atoms with Crippen molar-refractivity contribution in [3.8, 4) is 11.1 Å². The summed E-state index contributed by atoms with van der Waals surface area (Å²) in [5.41, 5.74) is 8.52. The van der Waals surface area contributed by atoms with Gasteiger partial charge in [0.15, 0.2) is 0 Å². The highest BCUT2D eigenvalue weighted by Crippen LogP contribution is 2.37. The van der Waals surface area contributed by atoms with Crippen molar-refractivity contribution in [1.82, 2.24) is 0 Å². The normalized spacial score (nSPS) is 12.2. The Bertz CT molecular complexity index is 1060. The van der Waals surface area contributed by atoms with E-state index in [1.165, 1.54) is 44.2 Å². The van der Waals surface area contributed by atoms with Crippen molar-refractivity contribution in [3.63, 3.8) is 0 Å². The lowest BCUT2D eigenvalue weighted by atomic mass is 9.98. The molecule has 0 heteroatoms. The minimum Gasteiger partial charge on any atom is -0.0619 e. The first-order valence-electron chi connectivity index (χ1n) is 8.54. The smallest absolute Gasteiger partial charge is 0.00134 e. The summed E-state index contributed by atoms with van der Waals surface area (Å²) in [6.45, 7) is 0. The molecule has 4 aromatic carbocycles. The van der Waals surface area contributed by atoms with Crippen LogP contribution in [0.5, 0.6) is 0 Å². The molecule has 0 spiro atoms. The monoisotopic (exact) mass is 306 g/mol. The first kappa shape index (κ1) is 13.6. The third kappa shape index (κ3) is 2.23. The average Bonchev–Trinajstić information content (AvgIpc) is 2.99. The molecule has 0 unspecified atom stereocenters. The molecule has 0 radical (unpaired) electrons. The summed E-state index contributed by atoms with van der Waals surface area (Å²) < 4.78 is 0. The number of hydrogen-bond acceptors (Lipinski definition) is 0. The second kappa shape index (κ2) is 5.35. The van der Waals surface area contributed by atoms with Gasteiger partial charge in [0.1, 0.15) is 0 Å². The maximum Gasteiger partial charge on any atom is -0.00134 e. The van der Waals surface area contributed by atoms with Crippen molar-refractivity contribution in [1.29, 1.82) is 0 Å². The molecule has 0 nitrogen and oxygen atoms in total. The fraction of sp³-hybridized carbons (Fsp3) is 0.0833. The van der Waals surface area contributed by atoms with Crippen LogP contribution in [-0.4, -0.2) is 0 Å². The molecule has 0 saturated heterocycles. The lowest BCUT2D eigenvalue weighted by Gasteiger charge is -2.07. The summed E-state index contributed by atoms with van der Waals surface area (Å²) >= 11 is 0. The van der Waals surface area contributed by atoms with E-state index in [9.17, 15) is 0 Å². The summed E-state index contributed by atoms with van der Waals surface area (Å²) in [7, 11) is 0. The van der Waals surface area contributed by atoms with Crippen molar-refractivity contribution < 1.29 is 0 Å². The summed E-state index contributed by atoms with van der Waals surface area (Å²) in [6.07, 6.45) is 2.06. The maximum atomic E-state index is 2.39. The van der Waals surface area contributed by atoms with Gasteiger partial charge in [-0.1, -0.05) is 84.9 Å². The Balaban J connectivity index is 1.49. The molecule has 0 N–H and O–H groups in total. The summed E-state index contributed by atoms with van der Waals surface area (Å²) in [5.74, 6) is 0. The third-order valence-corrected chi connectivity index (χ3v) is 5.08. The molecule has 114 valence electrons. The molecular weight excluding hydrogens is 288 g/mol. The van der Waals surface area contributed by atoms with E-state index >= 15 is 0 Å². The Morgan fingerprint density at radius 1 is 0.542 bits per heavy atom. The Morgan fingerprint density at radius 2 is 1.25 bits per heavy atom. The highest BCUT2D eigenvalue weighted by atomic mass is 14.2. The molecule has 1 aliphatic rings. The molecule has 0 aromatic heterocycles. The molecule has 4 aromatic rings. The van der Waals surface area contributed by atoms with Gasteiger partial charge in [0.25, 0.3) is 0 Å². The number of fused-ring (bicyclic) bond motifs is 4. The standard InChI is InChI=1S/C24H18/c1-2-6-20-14-17(9-11-19(20)5-1)13-18-10-12-24-22(15-18)16-21-7-3-4-8-23(21)24/h1-12,14-15H,13,16H2. The van der Waals surface area contributed by atoms with E-state index in [0.29, 0.717) is 0 Å². The fourth-order valence-electron chi connectivity index (χ4n) is 3.89. The zero-order valence-electron chi connectivity index (χ0n) is 13.5. The zero-order chi connectivity index (χ0) is 15.9. The molecule has 0 bridgehead atoms. The van der Waals surface area contributed by atoms with Gasteiger partial charge in [0.2, 0.25) is 0 Å². The molecule has 0 amide bonds. The van der Waals surface area contributed by atoms with Crippen LogP contribution in [0.2, 0.25) is 0 Å². The van der Waals surface area contributed by atoms with E-state index in [4.69, 9.17) is 0 Å². The second-order valence-corrected chi connectivity index (χ2v) is 6.68. The second-order valence-electron chi connectivity index (χ2n) is 6.68. The lowest BCUT2D eigenvalue weighted by molar-refractivity contribution is 1.17. The lowest BCUT2D eigenvalue weighted by Crippen LogP contribution is -1.91. The van der Waals surface area contributed by atoms with Crippen LogP contribution in [0.15, 0.2) is 84.9 Å². The molecule has 24 heavy (non-hydrogen) atoms. The van der Waals surface area contributed by atoms with Crippen LogP contribution in [0.4, 0.5) is 0 Å². The highest BCUT2D eigenvalue weighted by Gasteiger charge is 2.17. The van der Waals surface area contributed by atoms with Gasteiger partial charge in [-0.05, 0) is 57.0 Å². The maximum absolute atomic E-state index is 2.39. The molecule has 0 atom stereocenters. The van der Waals surface area contributed by atoms with Crippen LogP contribution < -0.4 is 0 Å². The molecule has 0 heterocycles. The van der Waals surface area contributed by atoms with E-state index in [0.717, 1.165) is 12.8 Å². The fourth-order valence-corrected chi connectivity index (χ4v) is 3.89.